The lowest BCUT2D eigenvalue weighted by molar-refractivity contribution is -0.138. The van der Waals surface area contributed by atoms with Gasteiger partial charge in [0.15, 0.2) is 0 Å². The summed E-state index contributed by atoms with van der Waals surface area (Å²) in [5.41, 5.74) is -1.19. The molecule has 0 unspecified atom stereocenters. The number of hydrogen-bond acceptors (Lipinski definition) is 1. The molecule has 0 fully saturated rings. The monoisotopic (exact) mass is 323 g/mol. The molecule has 1 aromatic carbocycles. The predicted molar refractivity (Wildman–Crippen MR) is 66.8 cm³/mol. The first-order chi connectivity index (χ1) is 8.38. The molecule has 0 atom stereocenters. The molecule has 6 heteroatoms. The second-order valence-electron chi connectivity index (χ2n) is 3.81. The average molecular weight is 324 g/mol. The fourth-order valence-corrected chi connectivity index (χ4v) is 1.77. The Bertz CT molecular complexity index is 420. The van der Waals surface area contributed by atoms with Crippen molar-refractivity contribution in [2.75, 3.05) is 18.9 Å². The number of amides is 1. The third-order valence-corrected chi connectivity index (χ3v) is 3.00. The van der Waals surface area contributed by atoms with E-state index in [2.05, 4.69) is 15.9 Å². The SMILES string of the molecule is CN(CCCBr)C(=O)c1ccccc1C(F)(F)F. The van der Waals surface area contributed by atoms with Crippen LogP contribution in [-0.4, -0.2) is 29.7 Å². The third-order valence-electron chi connectivity index (χ3n) is 2.44. The molecule has 2 nitrogen and oxygen atoms in total. The number of rotatable bonds is 4. The second kappa shape index (κ2) is 6.22. The van der Waals surface area contributed by atoms with E-state index in [-0.39, 0.29) is 5.56 Å². The maximum absolute atomic E-state index is 12.7. The summed E-state index contributed by atoms with van der Waals surface area (Å²) >= 11 is 3.21. The summed E-state index contributed by atoms with van der Waals surface area (Å²) in [5, 5.41) is 0.700. The van der Waals surface area contributed by atoms with Gasteiger partial charge in [0, 0.05) is 18.9 Å². The van der Waals surface area contributed by atoms with E-state index in [1.165, 1.54) is 30.1 Å². The zero-order valence-electron chi connectivity index (χ0n) is 9.80. The van der Waals surface area contributed by atoms with Crippen molar-refractivity contribution in [2.24, 2.45) is 0 Å². The molecule has 0 N–H and O–H groups in total. The molecule has 1 rings (SSSR count). The molecule has 1 aromatic rings. The number of carbonyl (C=O) groups is 1. The molecule has 100 valence electrons. The van der Waals surface area contributed by atoms with E-state index in [1.54, 1.807) is 0 Å². The van der Waals surface area contributed by atoms with E-state index in [0.29, 0.717) is 18.3 Å². The normalized spacial score (nSPS) is 11.4. The van der Waals surface area contributed by atoms with Crippen LogP contribution in [0.25, 0.3) is 0 Å². The van der Waals surface area contributed by atoms with E-state index < -0.39 is 17.6 Å². The second-order valence-corrected chi connectivity index (χ2v) is 4.61. The predicted octanol–water partition coefficient (Wildman–Crippen LogP) is 3.56. The molecule has 0 saturated heterocycles. The van der Waals surface area contributed by atoms with E-state index >= 15 is 0 Å². The van der Waals surface area contributed by atoms with Crippen molar-refractivity contribution in [3.63, 3.8) is 0 Å². The largest absolute Gasteiger partial charge is 0.417 e. The van der Waals surface area contributed by atoms with Crippen molar-refractivity contribution in [1.82, 2.24) is 4.90 Å². The van der Waals surface area contributed by atoms with Gasteiger partial charge in [-0.25, -0.2) is 0 Å². The van der Waals surface area contributed by atoms with Gasteiger partial charge in [0.1, 0.15) is 0 Å². The van der Waals surface area contributed by atoms with Crippen LogP contribution in [-0.2, 0) is 6.18 Å². The Balaban J connectivity index is 2.99. The lowest BCUT2D eigenvalue weighted by Gasteiger charge is -2.19. The molecule has 0 spiro atoms. The van der Waals surface area contributed by atoms with Gasteiger partial charge in [-0.3, -0.25) is 4.79 Å². The molecule has 18 heavy (non-hydrogen) atoms. The molecular weight excluding hydrogens is 311 g/mol. The molecule has 0 saturated carbocycles. The van der Waals surface area contributed by atoms with Crippen molar-refractivity contribution >= 4 is 21.8 Å². The summed E-state index contributed by atoms with van der Waals surface area (Å²) < 4.78 is 38.2. The summed E-state index contributed by atoms with van der Waals surface area (Å²) in [5.74, 6) is -0.608. The minimum atomic E-state index is -4.51. The van der Waals surface area contributed by atoms with Gasteiger partial charge in [-0.2, -0.15) is 13.2 Å². The summed E-state index contributed by atoms with van der Waals surface area (Å²) in [6, 6.07) is 4.83. The molecule has 0 aliphatic heterocycles. The van der Waals surface area contributed by atoms with Gasteiger partial charge >= 0.3 is 6.18 Å². The van der Waals surface area contributed by atoms with Gasteiger partial charge in [0.25, 0.3) is 5.91 Å². The van der Waals surface area contributed by atoms with Gasteiger partial charge in [-0.1, -0.05) is 28.1 Å². The number of benzene rings is 1. The van der Waals surface area contributed by atoms with Crippen LogP contribution < -0.4 is 0 Å². The molecule has 1 amide bonds. The van der Waals surface area contributed by atoms with Crippen LogP contribution in [0.1, 0.15) is 22.3 Å². The van der Waals surface area contributed by atoms with Crippen molar-refractivity contribution in [1.29, 1.82) is 0 Å². The Morgan fingerprint density at radius 3 is 2.50 bits per heavy atom. The number of carbonyl (C=O) groups excluding carboxylic acids is 1. The van der Waals surface area contributed by atoms with Crippen LogP contribution in [0.15, 0.2) is 24.3 Å². The molecule has 0 aliphatic rings. The number of halogens is 4. The molecular formula is C12H13BrF3NO. The summed E-state index contributed by atoms with van der Waals surface area (Å²) in [4.78, 5) is 13.2. The highest BCUT2D eigenvalue weighted by Crippen LogP contribution is 2.32. The molecule has 0 bridgehead atoms. The van der Waals surface area contributed by atoms with E-state index in [0.717, 1.165) is 6.07 Å². The maximum Gasteiger partial charge on any atom is 0.417 e. The van der Waals surface area contributed by atoms with Crippen molar-refractivity contribution in [3.8, 4) is 0 Å². The van der Waals surface area contributed by atoms with Gasteiger partial charge in [-0.15, -0.1) is 0 Å². The Kier molecular flexibility index (Phi) is 5.19. The highest BCUT2D eigenvalue weighted by molar-refractivity contribution is 9.09. The summed E-state index contributed by atoms with van der Waals surface area (Å²) in [7, 11) is 1.50. The van der Waals surface area contributed by atoms with E-state index in [4.69, 9.17) is 0 Å². The van der Waals surface area contributed by atoms with Crippen molar-refractivity contribution in [3.05, 3.63) is 35.4 Å². The first-order valence-electron chi connectivity index (χ1n) is 5.35. The molecule has 0 aliphatic carbocycles. The van der Waals surface area contributed by atoms with Crippen molar-refractivity contribution < 1.29 is 18.0 Å². The van der Waals surface area contributed by atoms with Crippen LogP contribution in [0.5, 0.6) is 0 Å². The third kappa shape index (κ3) is 3.73. The molecule has 0 heterocycles. The topological polar surface area (TPSA) is 20.3 Å². The average Bonchev–Trinajstić information content (AvgIpc) is 2.34. The van der Waals surface area contributed by atoms with Gasteiger partial charge in [0.2, 0.25) is 0 Å². The van der Waals surface area contributed by atoms with Crippen LogP contribution in [0.2, 0.25) is 0 Å². The highest BCUT2D eigenvalue weighted by atomic mass is 79.9. The lowest BCUT2D eigenvalue weighted by Crippen LogP contribution is -2.29. The van der Waals surface area contributed by atoms with Gasteiger partial charge in [0.05, 0.1) is 11.1 Å². The van der Waals surface area contributed by atoms with Crippen LogP contribution >= 0.6 is 15.9 Å². The smallest absolute Gasteiger partial charge is 0.342 e. The quantitative estimate of drug-likeness (QED) is 0.776. The Hall–Kier alpha value is -1.04. The van der Waals surface area contributed by atoms with Crippen LogP contribution in [0.4, 0.5) is 13.2 Å². The first kappa shape index (κ1) is 15.0. The zero-order chi connectivity index (χ0) is 13.8. The number of nitrogens with zero attached hydrogens (tertiary/aromatic N) is 1. The minimum Gasteiger partial charge on any atom is -0.342 e. The molecule has 0 radical (unpaired) electrons. The van der Waals surface area contributed by atoms with E-state index in [1.807, 2.05) is 0 Å². The maximum atomic E-state index is 12.7. The fraction of sp³-hybridized carbons (Fsp3) is 0.417. The Labute approximate surface area is 112 Å². The summed E-state index contributed by atoms with van der Waals surface area (Å²) in [6.07, 6.45) is -3.82. The highest BCUT2D eigenvalue weighted by Gasteiger charge is 2.35. The Morgan fingerprint density at radius 1 is 1.33 bits per heavy atom. The zero-order valence-corrected chi connectivity index (χ0v) is 11.4. The van der Waals surface area contributed by atoms with Crippen molar-refractivity contribution in [2.45, 2.75) is 12.6 Å². The minimum absolute atomic E-state index is 0.304. The Morgan fingerprint density at radius 2 is 1.94 bits per heavy atom. The van der Waals surface area contributed by atoms with Gasteiger partial charge < -0.3 is 4.90 Å². The first-order valence-corrected chi connectivity index (χ1v) is 6.47. The van der Waals surface area contributed by atoms with Gasteiger partial charge in [-0.05, 0) is 18.6 Å². The van der Waals surface area contributed by atoms with E-state index in [9.17, 15) is 18.0 Å². The fourth-order valence-electron chi connectivity index (χ4n) is 1.52. The standard InChI is InChI=1S/C12H13BrF3NO/c1-17(8-4-7-13)11(18)9-5-2-3-6-10(9)12(14,15)16/h2-3,5-6H,4,7-8H2,1H3. The number of alkyl halides is 4. The van der Waals surface area contributed by atoms with Crippen LogP contribution in [0.3, 0.4) is 0 Å². The summed E-state index contributed by atoms with van der Waals surface area (Å²) in [6.45, 7) is 0.413. The van der Waals surface area contributed by atoms with Crippen LogP contribution in [0, 0.1) is 0 Å². The molecule has 0 aromatic heterocycles. The number of hydrogen-bond donors (Lipinski definition) is 0. The lowest BCUT2D eigenvalue weighted by atomic mass is 10.1.